The number of carbonyl (C=O) groups is 1. The van der Waals surface area contributed by atoms with Crippen molar-refractivity contribution in [3.05, 3.63) is 0 Å². The lowest BCUT2D eigenvalue weighted by Gasteiger charge is -2.23. The molecular formula is C10H16O2. The third kappa shape index (κ3) is 1.01. The van der Waals surface area contributed by atoms with Crippen LogP contribution in [0.5, 0.6) is 0 Å². The first-order valence-corrected chi connectivity index (χ1v) is 4.76. The summed E-state index contributed by atoms with van der Waals surface area (Å²) in [5.41, 5.74) is -0.0670. The van der Waals surface area contributed by atoms with Crippen LogP contribution in [0.25, 0.3) is 0 Å². The normalized spacial score (nSPS) is 46.2. The van der Waals surface area contributed by atoms with Gasteiger partial charge in [0, 0.05) is 5.92 Å². The fourth-order valence-corrected chi connectivity index (χ4v) is 2.22. The molecule has 1 aliphatic heterocycles. The first-order valence-electron chi connectivity index (χ1n) is 4.76. The van der Waals surface area contributed by atoms with Crippen LogP contribution in [0.4, 0.5) is 0 Å². The average molecular weight is 168 g/mol. The fraction of sp³-hybridized carbons (Fsp3) is 0.900. The summed E-state index contributed by atoms with van der Waals surface area (Å²) in [6, 6.07) is 0. The van der Waals surface area contributed by atoms with Gasteiger partial charge in [0.05, 0.1) is 5.60 Å². The number of ketones is 1. The van der Waals surface area contributed by atoms with E-state index >= 15 is 0 Å². The van der Waals surface area contributed by atoms with Crippen LogP contribution in [0.15, 0.2) is 0 Å². The number of Topliss-reactive ketones (excluding diaryl/α,β-unsaturated/α-hetero) is 1. The number of fused-ring (bicyclic) bond motifs is 1. The molecule has 0 unspecified atom stereocenters. The van der Waals surface area contributed by atoms with Crippen molar-refractivity contribution in [2.24, 2.45) is 11.8 Å². The zero-order valence-corrected chi connectivity index (χ0v) is 7.96. The van der Waals surface area contributed by atoms with E-state index in [1.165, 1.54) is 0 Å². The molecule has 0 aromatic carbocycles. The van der Waals surface area contributed by atoms with Crippen LogP contribution in [-0.2, 0) is 9.53 Å². The van der Waals surface area contributed by atoms with Gasteiger partial charge in [-0.15, -0.1) is 0 Å². The molecule has 3 atom stereocenters. The molecule has 1 aliphatic carbocycles. The zero-order valence-electron chi connectivity index (χ0n) is 7.96. The Kier molecular flexibility index (Phi) is 1.59. The number of hydrogen-bond donors (Lipinski definition) is 0. The van der Waals surface area contributed by atoms with Crippen molar-refractivity contribution < 1.29 is 9.53 Å². The Balaban J connectivity index is 2.10. The summed E-state index contributed by atoms with van der Waals surface area (Å²) in [5, 5.41) is 0. The molecule has 0 radical (unpaired) electrons. The third-order valence-corrected chi connectivity index (χ3v) is 3.26. The van der Waals surface area contributed by atoms with E-state index in [1.54, 1.807) is 0 Å². The standard InChI is InChI=1S/C10H16O2/c1-6(2)7-4-5-10(3)9(12-10)8(7)11/h6-7,9H,4-5H2,1-3H3/t7-,9-,10+/m0/s1. The quantitative estimate of drug-likeness (QED) is 0.558. The maximum absolute atomic E-state index is 11.7. The number of hydrogen-bond acceptors (Lipinski definition) is 2. The van der Waals surface area contributed by atoms with Crippen LogP contribution in [0, 0.1) is 11.8 Å². The minimum absolute atomic E-state index is 0.0568. The summed E-state index contributed by atoms with van der Waals surface area (Å²) in [6.45, 7) is 6.29. The van der Waals surface area contributed by atoms with E-state index in [1.807, 2.05) is 6.92 Å². The van der Waals surface area contributed by atoms with E-state index < -0.39 is 0 Å². The molecule has 0 amide bonds. The van der Waals surface area contributed by atoms with Gasteiger partial charge in [-0.2, -0.15) is 0 Å². The van der Waals surface area contributed by atoms with Gasteiger partial charge in [-0.1, -0.05) is 13.8 Å². The van der Waals surface area contributed by atoms with Crippen molar-refractivity contribution >= 4 is 5.78 Å². The largest absolute Gasteiger partial charge is 0.358 e. The number of carbonyl (C=O) groups excluding carboxylic acids is 1. The lowest BCUT2D eigenvalue weighted by Crippen LogP contribution is -2.34. The highest BCUT2D eigenvalue weighted by molar-refractivity contribution is 5.90. The number of ether oxygens (including phenoxy) is 1. The Labute approximate surface area is 73.3 Å². The van der Waals surface area contributed by atoms with Gasteiger partial charge in [0.15, 0.2) is 5.78 Å². The van der Waals surface area contributed by atoms with Crippen LogP contribution >= 0.6 is 0 Å². The molecule has 1 saturated heterocycles. The van der Waals surface area contributed by atoms with Gasteiger partial charge in [-0.25, -0.2) is 0 Å². The molecule has 1 saturated carbocycles. The molecule has 2 aliphatic rings. The van der Waals surface area contributed by atoms with Crippen molar-refractivity contribution in [1.29, 1.82) is 0 Å². The molecule has 2 fully saturated rings. The van der Waals surface area contributed by atoms with E-state index in [2.05, 4.69) is 13.8 Å². The Bertz CT molecular complexity index is 222. The van der Waals surface area contributed by atoms with Gasteiger partial charge in [0.25, 0.3) is 0 Å². The predicted octanol–water partition coefficient (Wildman–Crippen LogP) is 1.78. The highest BCUT2D eigenvalue weighted by Crippen LogP contribution is 2.48. The molecule has 2 rings (SSSR count). The summed E-state index contributed by atoms with van der Waals surface area (Å²) in [4.78, 5) is 11.7. The molecule has 2 heteroatoms. The Morgan fingerprint density at radius 2 is 2.25 bits per heavy atom. The lowest BCUT2D eigenvalue weighted by atomic mass is 9.77. The monoisotopic (exact) mass is 168 g/mol. The molecule has 2 nitrogen and oxygen atoms in total. The van der Waals surface area contributed by atoms with Crippen molar-refractivity contribution in [3.63, 3.8) is 0 Å². The van der Waals surface area contributed by atoms with Gasteiger partial charge in [0.1, 0.15) is 6.10 Å². The smallest absolute Gasteiger partial charge is 0.167 e. The van der Waals surface area contributed by atoms with Crippen molar-refractivity contribution in [1.82, 2.24) is 0 Å². The maximum Gasteiger partial charge on any atom is 0.167 e. The van der Waals surface area contributed by atoms with Crippen LogP contribution in [0.2, 0.25) is 0 Å². The molecule has 0 bridgehead atoms. The minimum Gasteiger partial charge on any atom is -0.358 e. The summed E-state index contributed by atoms with van der Waals surface area (Å²) >= 11 is 0. The van der Waals surface area contributed by atoms with Crippen LogP contribution in [0.3, 0.4) is 0 Å². The van der Waals surface area contributed by atoms with Gasteiger partial charge < -0.3 is 4.74 Å². The second kappa shape index (κ2) is 2.32. The second-order valence-electron chi connectivity index (χ2n) is 4.60. The van der Waals surface area contributed by atoms with Crippen molar-refractivity contribution in [2.45, 2.75) is 45.3 Å². The Morgan fingerprint density at radius 1 is 1.58 bits per heavy atom. The highest BCUT2D eigenvalue weighted by Gasteiger charge is 2.60. The minimum atomic E-state index is -0.0670. The molecule has 12 heavy (non-hydrogen) atoms. The van der Waals surface area contributed by atoms with Gasteiger partial charge in [-0.05, 0) is 25.7 Å². The molecule has 0 aromatic heterocycles. The summed E-state index contributed by atoms with van der Waals surface area (Å²) < 4.78 is 5.41. The van der Waals surface area contributed by atoms with Gasteiger partial charge in [0.2, 0.25) is 0 Å². The van der Waals surface area contributed by atoms with Crippen LogP contribution in [-0.4, -0.2) is 17.5 Å². The van der Waals surface area contributed by atoms with E-state index in [9.17, 15) is 4.79 Å². The topological polar surface area (TPSA) is 29.6 Å². The molecular weight excluding hydrogens is 152 g/mol. The van der Waals surface area contributed by atoms with E-state index in [4.69, 9.17) is 4.74 Å². The van der Waals surface area contributed by atoms with Crippen molar-refractivity contribution in [3.8, 4) is 0 Å². The van der Waals surface area contributed by atoms with Crippen LogP contribution < -0.4 is 0 Å². The third-order valence-electron chi connectivity index (χ3n) is 3.26. The Hall–Kier alpha value is -0.370. The van der Waals surface area contributed by atoms with Gasteiger partial charge in [-0.3, -0.25) is 4.79 Å². The summed E-state index contributed by atoms with van der Waals surface area (Å²) in [6.07, 6.45) is 2.02. The first-order chi connectivity index (χ1) is 5.54. The van der Waals surface area contributed by atoms with E-state index in [0.29, 0.717) is 11.7 Å². The number of epoxide rings is 1. The van der Waals surface area contributed by atoms with Crippen LogP contribution in [0.1, 0.15) is 33.6 Å². The molecule has 1 heterocycles. The molecule has 0 aromatic rings. The highest BCUT2D eigenvalue weighted by atomic mass is 16.6. The average Bonchev–Trinajstić information content (AvgIpc) is 2.62. The lowest BCUT2D eigenvalue weighted by molar-refractivity contribution is -0.126. The van der Waals surface area contributed by atoms with Gasteiger partial charge >= 0.3 is 0 Å². The van der Waals surface area contributed by atoms with E-state index in [0.717, 1.165) is 12.8 Å². The summed E-state index contributed by atoms with van der Waals surface area (Å²) in [7, 11) is 0. The number of rotatable bonds is 1. The summed E-state index contributed by atoms with van der Waals surface area (Å²) in [5.74, 6) is 1.08. The molecule has 68 valence electrons. The molecule has 0 N–H and O–H groups in total. The SMILES string of the molecule is CC(C)[C@@H]1CC[C@@]2(C)O[C@H]2C1=O. The Morgan fingerprint density at radius 3 is 2.83 bits per heavy atom. The predicted molar refractivity (Wildman–Crippen MR) is 45.8 cm³/mol. The molecule has 0 spiro atoms. The maximum atomic E-state index is 11.7. The first kappa shape index (κ1) is 8.24. The fourth-order valence-electron chi connectivity index (χ4n) is 2.22. The second-order valence-corrected chi connectivity index (χ2v) is 4.60. The zero-order chi connectivity index (χ0) is 8.93. The van der Waals surface area contributed by atoms with E-state index in [-0.39, 0.29) is 17.6 Å². The van der Waals surface area contributed by atoms with Crippen molar-refractivity contribution in [2.75, 3.05) is 0 Å².